The van der Waals surface area contributed by atoms with Crippen molar-refractivity contribution in [1.29, 1.82) is 0 Å². The van der Waals surface area contributed by atoms with E-state index in [1.807, 2.05) is 20.8 Å². The highest BCUT2D eigenvalue weighted by Gasteiger charge is 2.21. The Morgan fingerprint density at radius 2 is 1.76 bits per heavy atom. The maximum atomic E-state index is 12.9. The smallest absolute Gasteiger partial charge is 0.317 e. The van der Waals surface area contributed by atoms with Gasteiger partial charge < -0.3 is 10.0 Å². The molecule has 1 rings (SSSR count). The van der Waals surface area contributed by atoms with Gasteiger partial charge in [0.15, 0.2) is 0 Å². The molecular weight excluding hydrogens is 275 g/mol. The lowest BCUT2D eigenvalue weighted by molar-refractivity contribution is -0.139. The van der Waals surface area contributed by atoms with E-state index >= 15 is 0 Å². The quantitative estimate of drug-likeness (QED) is 0.835. The molecule has 1 amide bonds. The first-order chi connectivity index (χ1) is 9.85. The van der Waals surface area contributed by atoms with Crippen LogP contribution in [-0.4, -0.2) is 47.6 Å². The molecule has 0 aliphatic heterocycles. The number of aliphatic carboxylic acids is 1. The Hall–Kier alpha value is -1.95. The number of nitrogens with zero attached hydrogens (tertiary/aromatic N) is 2. The summed E-state index contributed by atoms with van der Waals surface area (Å²) >= 11 is 0. The summed E-state index contributed by atoms with van der Waals surface area (Å²) in [6.45, 7) is 5.75. The first kappa shape index (κ1) is 17.1. The van der Waals surface area contributed by atoms with Gasteiger partial charge in [-0.25, -0.2) is 4.39 Å². The third-order valence-electron chi connectivity index (χ3n) is 3.16. The molecule has 0 fully saturated rings. The fourth-order valence-electron chi connectivity index (χ4n) is 1.98. The molecule has 6 heteroatoms. The summed E-state index contributed by atoms with van der Waals surface area (Å²) in [5.74, 6) is -1.54. The van der Waals surface area contributed by atoms with E-state index in [0.29, 0.717) is 12.2 Å². The van der Waals surface area contributed by atoms with Gasteiger partial charge in [-0.1, -0.05) is 0 Å². The zero-order chi connectivity index (χ0) is 16.0. The predicted octanol–water partition coefficient (Wildman–Crippen LogP) is 1.97. The monoisotopic (exact) mass is 296 g/mol. The van der Waals surface area contributed by atoms with Crippen LogP contribution in [0.2, 0.25) is 0 Å². The maximum absolute atomic E-state index is 12.9. The molecule has 0 saturated heterocycles. The van der Waals surface area contributed by atoms with E-state index in [1.54, 1.807) is 4.90 Å². The Bertz CT molecular complexity index is 488. The van der Waals surface area contributed by atoms with Gasteiger partial charge >= 0.3 is 5.97 Å². The van der Waals surface area contributed by atoms with Crippen molar-refractivity contribution in [3.63, 3.8) is 0 Å². The molecule has 5 nitrogen and oxygen atoms in total. The van der Waals surface area contributed by atoms with Crippen molar-refractivity contribution >= 4 is 17.6 Å². The van der Waals surface area contributed by atoms with E-state index < -0.39 is 5.97 Å². The molecule has 1 aromatic carbocycles. The van der Waals surface area contributed by atoms with Gasteiger partial charge in [0, 0.05) is 18.3 Å². The summed E-state index contributed by atoms with van der Waals surface area (Å²) < 4.78 is 12.9. The average Bonchev–Trinajstić information content (AvgIpc) is 2.40. The SMILES string of the molecule is CCN(C(=O)CN(CC(=O)O)C(C)C)c1ccc(F)cc1. The number of likely N-dealkylation sites (N-methyl/N-ethyl adjacent to an activating group) is 1. The zero-order valence-electron chi connectivity index (χ0n) is 12.5. The number of anilines is 1. The van der Waals surface area contributed by atoms with Crippen molar-refractivity contribution in [3.05, 3.63) is 30.1 Å². The molecule has 0 heterocycles. The van der Waals surface area contributed by atoms with Crippen LogP contribution in [0.5, 0.6) is 0 Å². The van der Waals surface area contributed by atoms with Crippen molar-refractivity contribution in [2.45, 2.75) is 26.8 Å². The Labute approximate surface area is 124 Å². The van der Waals surface area contributed by atoms with Gasteiger partial charge in [0.05, 0.1) is 13.1 Å². The molecule has 0 aliphatic carbocycles. The Morgan fingerprint density at radius 3 is 2.19 bits per heavy atom. The van der Waals surface area contributed by atoms with Crippen molar-refractivity contribution in [2.24, 2.45) is 0 Å². The summed E-state index contributed by atoms with van der Waals surface area (Å²) in [5, 5.41) is 8.88. The van der Waals surface area contributed by atoms with E-state index in [2.05, 4.69) is 0 Å². The standard InChI is InChI=1S/C15H21FN2O3/c1-4-18(13-7-5-12(16)6-8-13)14(19)9-17(11(2)3)10-15(20)21/h5-8,11H,4,9-10H2,1-3H3,(H,20,21). The second-order valence-electron chi connectivity index (χ2n) is 5.01. The lowest BCUT2D eigenvalue weighted by Gasteiger charge is -2.28. The van der Waals surface area contributed by atoms with Crippen LogP contribution >= 0.6 is 0 Å². The molecule has 116 valence electrons. The second-order valence-corrected chi connectivity index (χ2v) is 5.01. The first-order valence-electron chi connectivity index (χ1n) is 6.87. The van der Waals surface area contributed by atoms with Gasteiger partial charge in [-0.2, -0.15) is 0 Å². The fourth-order valence-corrected chi connectivity index (χ4v) is 1.98. The molecule has 0 unspecified atom stereocenters. The molecule has 21 heavy (non-hydrogen) atoms. The highest BCUT2D eigenvalue weighted by molar-refractivity contribution is 5.94. The number of benzene rings is 1. The molecule has 1 aromatic rings. The van der Waals surface area contributed by atoms with Gasteiger partial charge in [0.1, 0.15) is 5.82 Å². The Kier molecular flexibility index (Phi) is 6.30. The third-order valence-corrected chi connectivity index (χ3v) is 3.16. The molecule has 0 bridgehead atoms. The zero-order valence-corrected chi connectivity index (χ0v) is 12.5. The van der Waals surface area contributed by atoms with Gasteiger partial charge in [-0.05, 0) is 45.0 Å². The normalized spacial score (nSPS) is 11.0. The van der Waals surface area contributed by atoms with Crippen LogP contribution in [0.4, 0.5) is 10.1 Å². The lowest BCUT2D eigenvalue weighted by Crippen LogP contribution is -2.45. The second kappa shape index (κ2) is 7.73. The highest BCUT2D eigenvalue weighted by Crippen LogP contribution is 2.15. The molecule has 0 aliphatic rings. The van der Waals surface area contributed by atoms with Gasteiger partial charge in [-0.3, -0.25) is 14.5 Å². The Balaban J connectivity index is 2.82. The molecule has 0 spiro atoms. The number of rotatable bonds is 7. The van der Waals surface area contributed by atoms with E-state index in [-0.39, 0.29) is 30.9 Å². The maximum Gasteiger partial charge on any atom is 0.317 e. The van der Waals surface area contributed by atoms with Crippen LogP contribution < -0.4 is 4.90 Å². The van der Waals surface area contributed by atoms with Crippen LogP contribution in [-0.2, 0) is 9.59 Å². The summed E-state index contributed by atoms with van der Waals surface area (Å²) in [6, 6.07) is 5.60. The molecule has 0 aromatic heterocycles. The lowest BCUT2D eigenvalue weighted by atomic mass is 10.2. The molecule has 1 N–H and O–H groups in total. The summed E-state index contributed by atoms with van der Waals surface area (Å²) in [4.78, 5) is 26.3. The number of hydrogen-bond acceptors (Lipinski definition) is 3. The number of hydrogen-bond donors (Lipinski definition) is 1. The fraction of sp³-hybridized carbons (Fsp3) is 0.467. The molecule has 0 atom stereocenters. The van der Waals surface area contributed by atoms with Crippen LogP contribution in [0, 0.1) is 5.82 Å². The number of carboxylic acid groups (broad SMARTS) is 1. The van der Waals surface area contributed by atoms with Crippen LogP contribution in [0.25, 0.3) is 0 Å². The van der Waals surface area contributed by atoms with Crippen molar-refractivity contribution in [1.82, 2.24) is 4.90 Å². The summed E-state index contributed by atoms with van der Waals surface area (Å²) in [7, 11) is 0. The van der Waals surface area contributed by atoms with E-state index in [9.17, 15) is 14.0 Å². The highest BCUT2D eigenvalue weighted by atomic mass is 19.1. The minimum absolute atomic E-state index is 0.00911. The van der Waals surface area contributed by atoms with Gasteiger partial charge in [0.25, 0.3) is 0 Å². The molecular formula is C15H21FN2O3. The van der Waals surface area contributed by atoms with E-state index in [1.165, 1.54) is 29.2 Å². The third kappa shape index (κ3) is 5.15. The number of carboxylic acids is 1. The number of carbonyl (C=O) groups is 2. The largest absolute Gasteiger partial charge is 0.480 e. The van der Waals surface area contributed by atoms with Gasteiger partial charge in [-0.15, -0.1) is 0 Å². The number of amides is 1. The minimum Gasteiger partial charge on any atom is -0.480 e. The summed E-state index contributed by atoms with van der Waals surface area (Å²) in [5.41, 5.74) is 0.600. The van der Waals surface area contributed by atoms with E-state index in [4.69, 9.17) is 5.11 Å². The van der Waals surface area contributed by atoms with Crippen LogP contribution in [0.1, 0.15) is 20.8 Å². The van der Waals surface area contributed by atoms with E-state index in [0.717, 1.165) is 0 Å². The summed E-state index contributed by atoms with van der Waals surface area (Å²) in [6.07, 6.45) is 0. The Morgan fingerprint density at radius 1 is 1.19 bits per heavy atom. The van der Waals surface area contributed by atoms with Crippen molar-refractivity contribution in [3.8, 4) is 0 Å². The number of carbonyl (C=O) groups excluding carboxylic acids is 1. The van der Waals surface area contributed by atoms with Crippen LogP contribution in [0.3, 0.4) is 0 Å². The topological polar surface area (TPSA) is 60.9 Å². The predicted molar refractivity (Wildman–Crippen MR) is 78.8 cm³/mol. The van der Waals surface area contributed by atoms with Crippen LogP contribution in [0.15, 0.2) is 24.3 Å². The van der Waals surface area contributed by atoms with Crippen molar-refractivity contribution < 1.29 is 19.1 Å². The molecule has 0 saturated carbocycles. The minimum atomic E-state index is -0.971. The molecule has 0 radical (unpaired) electrons. The van der Waals surface area contributed by atoms with Gasteiger partial charge in [0.2, 0.25) is 5.91 Å². The number of halogens is 1. The van der Waals surface area contributed by atoms with Crippen molar-refractivity contribution in [2.75, 3.05) is 24.5 Å². The average molecular weight is 296 g/mol. The first-order valence-corrected chi connectivity index (χ1v) is 6.87.